The van der Waals surface area contributed by atoms with Gasteiger partial charge in [-0.25, -0.2) is 0 Å². The van der Waals surface area contributed by atoms with Crippen LogP contribution in [0.1, 0.15) is 98.8 Å². The van der Waals surface area contributed by atoms with Gasteiger partial charge in [0.1, 0.15) is 0 Å². The van der Waals surface area contributed by atoms with E-state index in [2.05, 4.69) is 61.9 Å². The van der Waals surface area contributed by atoms with Crippen LogP contribution in [0.15, 0.2) is 11.6 Å². The van der Waals surface area contributed by atoms with E-state index in [-0.39, 0.29) is 23.3 Å². The molecule has 0 spiro atoms. The van der Waals surface area contributed by atoms with Crippen LogP contribution in [0.4, 0.5) is 0 Å². The highest BCUT2D eigenvalue weighted by atomic mass is 79.9. The fraction of sp³-hybridized carbons (Fsp3) is 0.900. The first-order valence-corrected chi connectivity index (χ1v) is 15.5. The number of rotatable bonds is 8. The Labute approximate surface area is 217 Å². The summed E-state index contributed by atoms with van der Waals surface area (Å²) in [5.41, 5.74) is 1.75. The van der Waals surface area contributed by atoms with Crippen molar-refractivity contribution < 1.29 is 9.90 Å². The minimum absolute atomic E-state index is 0.0964. The van der Waals surface area contributed by atoms with Crippen molar-refractivity contribution in [2.75, 3.05) is 11.9 Å². The number of halogens is 1. The van der Waals surface area contributed by atoms with E-state index in [1.54, 1.807) is 0 Å². The van der Waals surface area contributed by atoms with Gasteiger partial charge in [0, 0.05) is 23.2 Å². The van der Waals surface area contributed by atoms with E-state index in [4.69, 9.17) is 0 Å². The fourth-order valence-electron chi connectivity index (χ4n) is 9.43. The molecule has 0 bridgehead atoms. The van der Waals surface area contributed by atoms with E-state index in [1.807, 2.05) is 0 Å². The maximum Gasteiger partial charge on any atom is 0.224 e. The quantitative estimate of drug-likeness (QED) is 0.256. The zero-order valence-corrected chi connectivity index (χ0v) is 24.0. The molecule has 0 saturated heterocycles. The third-order valence-corrected chi connectivity index (χ3v) is 11.5. The second kappa shape index (κ2) is 10.6. The summed E-state index contributed by atoms with van der Waals surface area (Å²) >= 11 is 3.45. The number of fused-ring (bicyclic) bond motifs is 5. The topological polar surface area (TPSA) is 49.3 Å². The lowest BCUT2D eigenvalue weighted by Gasteiger charge is -2.60. The summed E-state index contributed by atoms with van der Waals surface area (Å²) in [6.07, 6.45) is 14.1. The van der Waals surface area contributed by atoms with Gasteiger partial charge in [0.25, 0.3) is 0 Å². The van der Waals surface area contributed by atoms with Gasteiger partial charge < -0.3 is 10.4 Å². The van der Waals surface area contributed by atoms with Crippen molar-refractivity contribution in [3.05, 3.63) is 11.6 Å². The summed E-state index contributed by atoms with van der Waals surface area (Å²) in [4.78, 5) is 13.3. The van der Waals surface area contributed by atoms with Crippen molar-refractivity contribution in [1.82, 2.24) is 5.32 Å². The number of hydrogen-bond acceptors (Lipinski definition) is 2. The van der Waals surface area contributed by atoms with Gasteiger partial charge in [-0.15, -0.1) is 0 Å². The summed E-state index contributed by atoms with van der Waals surface area (Å²) in [6.45, 7) is 12.9. The zero-order chi connectivity index (χ0) is 24.7. The van der Waals surface area contributed by atoms with E-state index >= 15 is 0 Å². The van der Waals surface area contributed by atoms with Gasteiger partial charge in [-0.2, -0.15) is 0 Å². The Kier molecular flexibility index (Phi) is 8.30. The number of aliphatic hydroxyl groups excluding tert-OH is 1. The third-order valence-electron chi connectivity index (χ3n) is 11.1. The first-order valence-electron chi connectivity index (χ1n) is 14.3. The number of aliphatic hydroxyl groups is 1. The Morgan fingerprint density at radius 3 is 2.65 bits per heavy atom. The Bertz CT molecular complexity index is 765. The molecule has 4 aliphatic rings. The number of carbonyl (C=O) groups is 1. The molecule has 0 heterocycles. The molecule has 4 rings (SSSR count). The molecular weight excluding hydrogens is 486 g/mol. The van der Waals surface area contributed by atoms with Gasteiger partial charge in [-0.05, 0) is 85.9 Å². The van der Waals surface area contributed by atoms with Crippen LogP contribution in [-0.4, -0.2) is 29.0 Å². The molecule has 1 unspecified atom stereocenters. The SMILES string of the molecule is CC(C)CCC[C@@H](C)[C@H]1CC[C@H]2[C@@H]3CC=C4C[C@@H](O)CC(C(=O)NCCBr)[C@@]4(C)[C@H]3CC[C@]12C. The lowest BCUT2D eigenvalue weighted by atomic mass is 9.44. The van der Waals surface area contributed by atoms with Crippen LogP contribution < -0.4 is 5.32 Å². The summed E-state index contributed by atoms with van der Waals surface area (Å²) in [7, 11) is 0. The van der Waals surface area contributed by atoms with Crippen molar-refractivity contribution in [2.24, 2.45) is 52.3 Å². The van der Waals surface area contributed by atoms with E-state index in [0.717, 1.165) is 41.8 Å². The van der Waals surface area contributed by atoms with E-state index in [9.17, 15) is 9.90 Å². The number of alkyl halides is 1. The van der Waals surface area contributed by atoms with Crippen LogP contribution in [0, 0.1) is 52.3 Å². The number of nitrogens with one attached hydrogen (secondary N) is 1. The number of allylic oxidation sites excluding steroid dienone is 1. The highest BCUT2D eigenvalue weighted by Gasteiger charge is 2.61. The van der Waals surface area contributed by atoms with Crippen molar-refractivity contribution in [3.8, 4) is 0 Å². The van der Waals surface area contributed by atoms with Crippen molar-refractivity contribution in [2.45, 2.75) is 105 Å². The molecule has 2 N–H and O–H groups in total. The molecule has 3 nitrogen and oxygen atoms in total. The van der Waals surface area contributed by atoms with Gasteiger partial charge in [0.05, 0.1) is 6.10 Å². The standard InChI is InChI=1S/C30H50BrNO2/c1-19(2)7-6-8-20(3)24-11-12-25-23-10-9-21-17-22(33)18-27(28(34)32-16-15-31)30(21,5)26(23)13-14-29(24,25)4/h9,19-20,22-27,33H,6-8,10-18H2,1-5H3,(H,32,34)/t20-,22-,23+,24-,25+,26+,27?,29-,30-/m1/s1. The largest absolute Gasteiger partial charge is 0.393 e. The van der Waals surface area contributed by atoms with Crippen LogP contribution in [0.25, 0.3) is 0 Å². The number of amides is 1. The first-order chi connectivity index (χ1) is 16.1. The Morgan fingerprint density at radius 1 is 1.18 bits per heavy atom. The summed E-state index contributed by atoms with van der Waals surface area (Å²) in [5, 5.41) is 14.6. The van der Waals surface area contributed by atoms with Gasteiger partial charge in [-0.1, -0.05) is 81.5 Å². The van der Waals surface area contributed by atoms with Crippen molar-refractivity contribution in [3.63, 3.8) is 0 Å². The smallest absolute Gasteiger partial charge is 0.224 e. The number of hydrogen-bond donors (Lipinski definition) is 2. The molecule has 0 radical (unpaired) electrons. The predicted octanol–water partition coefficient (Wildman–Crippen LogP) is 7.13. The van der Waals surface area contributed by atoms with E-state index in [1.165, 1.54) is 50.5 Å². The molecule has 34 heavy (non-hydrogen) atoms. The average Bonchev–Trinajstić information content (AvgIpc) is 3.14. The molecule has 194 valence electrons. The highest BCUT2D eigenvalue weighted by Crippen LogP contribution is 2.68. The monoisotopic (exact) mass is 535 g/mol. The van der Waals surface area contributed by atoms with Crippen LogP contribution in [-0.2, 0) is 4.79 Å². The van der Waals surface area contributed by atoms with E-state index < -0.39 is 0 Å². The molecule has 0 aromatic carbocycles. The minimum Gasteiger partial charge on any atom is -0.393 e. The Balaban J connectivity index is 1.55. The summed E-state index contributed by atoms with van der Waals surface area (Å²) in [6, 6.07) is 0. The van der Waals surface area contributed by atoms with Crippen LogP contribution in [0.2, 0.25) is 0 Å². The normalized spacial score (nSPS) is 42.4. The highest BCUT2D eigenvalue weighted by molar-refractivity contribution is 9.09. The molecule has 4 heteroatoms. The predicted molar refractivity (Wildman–Crippen MR) is 145 cm³/mol. The summed E-state index contributed by atoms with van der Waals surface area (Å²) in [5.74, 6) is 4.60. The minimum atomic E-state index is -0.382. The van der Waals surface area contributed by atoms with Gasteiger partial charge in [0.15, 0.2) is 0 Å². The molecule has 1 amide bonds. The number of carbonyl (C=O) groups excluding carboxylic acids is 1. The Morgan fingerprint density at radius 2 is 1.94 bits per heavy atom. The molecule has 0 aromatic heterocycles. The van der Waals surface area contributed by atoms with Crippen molar-refractivity contribution >= 4 is 21.8 Å². The first kappa shape index (κ1) is 26.7. The lowest BCUT2D eigenvalue weighted by molar-refractivity contribution is -0.138. The van der Waals surface area contributed by atoms with E-state index in [0.29, 0.717) is 30.2 Å². The van der Waals surface area contributed by atoms with Gasteiger partial charge in [0.2, 0.25) is 5.91 Å². The van der Waals surface area contributed by atoms with Crippen LogP contribution in [0.5, 0.6) is 0 Å². The van der Waals surface area contributed by atoms with Crippen molar-refractivity contribution in [1.29, 1.82) is 0 Å². The molecule has 9 atom stereocenters. The summed E-state index contributed by atoms with van der Waals surface area (Å²) < 4.78 is 0. The lowest BCUT2D eigenvalue weighted by Crippen LogP contribution is -2.57. The van der Waals surface area contributed by atoms with Gasteiger partial charge in [-0.3, -0.25) is 4.79 Å². The molecular formula is C30H50BrNO2. The second-order valence-corrected chi connectivity index (χ2v) is 14.1. The molecule has 3 saturated carbocycles. The second-order valence-electron chi connectivity index (χ2n) is 13.3. The molecule has 0 aliphatic heterocycles. The molecule has 4 aliphatic carbocycles. The molecule has 3 fully saturated rings. The van der Waals surface area contributed by atoms with Crippen LogP contribution >= 0.6 is 15.9 Å². The van der Waals surface area contributed by atoms with Crippen LogP contribution in [0.3, 0.4) is 0 Å². The third kappa shape index (κ3) is 4.69. The maximum absolute atomic E-state index is 13.3. The Hall–Kier alpha value is -0.350. The molecule has 0 aromatic rings. The fourth-order valence-corrected chi connectivity index (χ4v) is 9.63. The maximum atomic E-state index is 13.3. The zero-order valence-electron chi connectivity index (χ0n) is 22.4. The average molecular weight is 537 g/mol. The van der Waals surface area contributed by atoms with Gasteiger partial charge >= 0.3 is 0 Å².